The highest BCUT2D eigenvalue weighted by Crippen LogP contribution is 2.15. The molecule has 1 saturated heterocycles. The summed E-state index contributed by atoms with van der Waals surface area (Å²) >= 11 is 0. The third kappa shape index (κ3) is 4.65. The molecule has 1 unspecified atom stereocenters. The largest absolute Gasteiger partial charge is 0.381 e. The number of carbonyl (C=O) groups is 1. The van der Waals surface area contributed by atoms with Gasteiger partial charge in [-0.25, -0.2) is 0 Å². The van der Waals surface area contributed by atoms with Crippen LogP contribution in [-0.4, -0.2) is 25.7 Å². The summed E-state index contributed by atoms with van der Waals surface area (Å²) in [5.41, 5.74) is 7.65. The molecule has 1 aromatic rings. The molecule has 19 heavy (non-hydrogen) atoms. The van der Waals surface area contributed by atoms with Gasteiger partial charge in [-0.1, -0.05) is 24.3 Å². The van der Waals surface area contributed by atoms with Gasteiger partial charge in [-0.15, -0.1) is 0 Å². The number of ether oxygens (including phenoxy) is 1. The zero-order chi connectivity index (χ0) is 13.5. The molecular weight excluding hydrogens is 240 g/mol. The molecule has 4 nitrogen and oxygen atoms in total. The van der Waals surface area contributed by atoms with E-state index in [2.05, 4.69) is 5.32 Å². The SMILES string of the molecule is NCc1ccc(CC(=O)NCCC2CCOC2)cc1. The number of carbonyl (C=O) groups excluding carboxylic acids is 1. The Morgan fingerprint density at radius 2 is 2.05 bits per heavy atom. The highest BCUT2D eigenvalue weighted by molar-refractivity contribution is 5.78. The van der Waals surface area contributed by atoms with Crippen molar-refractivity contribution in [1.29, 1.82) is 0 Å². The van der Waals surface area contributed by atoms with Crippen molar-refractivity contribution in [3.63, 3.8) is 0 Å². The summed E-state index contributed by atoms with van der Waals surface area (Å²) in [6.45, 7) is 2.99. The minimum Gasteiger partial charge on any atom is -0.381 e. The summed E-state index contributed by atoms with van der Waals surface area (Å²) in [5.74, 6) is 0.698. The summed E-state index contributed by atoms with van der Waals surface area (Å²) in [7, 11) is 0. The molecule has 1 fully saturated rings. The Morgan fingerprint density at radius 3 is 2.68 bits per heavy atom. The molecule has 104 valence electrons. The number of hydrogen-bond acceptors (Lipinski definition) is 3. The molecule has 0 radical (unpaired) electrons. The summed E-state index contributed by atoms with van der Waals surface area (Å²) in [6.07, 6.45) is 2.57. The zero-order valence-electron chi connectivity index (χ0n) is 11.2. The summed E-state index contributed by atoms with van der Waals surface area (Å²) < 4.78 is 5.31. The predicted molar refractivity (Wildman–Crippen MR) is 74.6 cm³/mol. The van der Waals surface area contributed by atoms with Crippen molar-refractivity contribution >= 4 is 5.91 Å². The Balaban J connectivity index is 1.68. The molecule has 1 heterocycles. The monoisotopic (exact) mass is 262 g/mol. The molecule has 0 aromatic heterocycles. The van der Waals surface area contributed by atoms with Gasteiger partial charge in [-0.3, -0.25) is 4.79 Å². The van der Waals surface area contributed by atoms with E-state index in [0.29, 0.717) is 18.9 Å². The second-order valence-corrected chi connectivity index (χ2v) is 5.07. The van der Waals surface area contributed by atoms with Crippen LogP contribution in [0.5, 0.6) is 0 Å². The Kier molecular flexibility index (Phi) is 5.36. The molecule has 3 N–H and O–H groups in total. The fourth-order valence-corrected chi connectivity index (χ4v) is 2.27. The van der Waals surface area contributed by atoms with Crippen LogP contribution in [0.25, 0.3) is 0 Å². The molecule has 0 aliphatic carbocycles. The molecule has 0 bridgehead atoms. The molecule has 1 aliphatic heterocycles. The van der Waals surface area contributed by atoms with Crippen molar-refractivity contribution < 1.29 is 9.53 Å². The zero-order valence-corrected chi connectivity index (χ0v) is 11.2. The van der Waals surface area contributed by atoms with E-state index in [9.17, 15) is 4.79 Å². The van der Waals surface area contributed by atoms with E-state index in [0.717, 1.165) is 43.7 Å². The van der Waals surface area contributed by atoms with Crippen LogP contribution < -0.4 is 11.1 Å². The lowest BCUT2D eigenvalue weighted by Crippen LogP contribution is -2.27. The Hall–Kier alpha value is -1.39. The smallest absolute Gasteiger partial charge is 0.224 e. The van der Waals surface area contributed by atoms with Crippen LogP contribution in [0.1, 0.15) is 24.0 Å². The van der Waals surface area contributed by atoms with Gasteiger partial charge in [0, 0.05) is 26.3 Å². The maximum absolute atomic E-state index is 11.8. The van der Waals surface area contributed by atoms with E-state index < -0.39 is 0 Å². The number of hydrogen-bond donors (Lipinski definition) is 2. The van der Waals surface area contributed by atoms with Crippen molar-refractivity contribution in [2.24, 2.45) is 11.7 Å². The number of benzene rings is 1. The van der Waals surface area contributed by atoms with Gasteiger partial charge in [0.2, 0.25) is 5.91 Å². The third-order valence-corrected chi connectivity index (χ3v) is 3.52. The van der Waals surface area contributed by atoms with Gasteiger partial charge in [0.05, 0.1) is 6.42 Å². The lowest BCUT2D eigenvalue weighted by molar-refractivity contribution is -0.120. The Labute approximate surface area is 114 Å². The lowest BCUT2D eigenvalue weighted by Gasteiger charge is -2.09. The van der Waals surface area contributed by atoms with Gasteiger partial charge >= 0.3 is 0 Å². The highest BCUT2D eigenvalue weighted by atomic mass is 16.5. The third-order valence-electron chi connectivity index (χ3n) is 3.52. The average Bonchev–Trinajstić information content (AvgIpc) is 2.93. The Morgan fingerprint density at radius 1 is 1.32 bits per heavy atom. The van der Waals surface area contributed by atoms with Crippen LogP contribution in [-0.2, 0) is 22.5 Å². The molecule has 1 amide bonds. The van der Waals surface area contributed by atoms with Crippen molar-refractivity contribution in [1.82, 2.24) is 5.32 Å². The standard InChI is InChI=1S/C15H22N2O2/c16-10-13-3-1-12(2-4-13)9-15(18)17-7-5-14-6-8-19-11-14/h1-4,14H,5-11,16H2,(H,17,18). The Bertz CT molecular complexity index is 397. The van der Waals surface area contributed by atoms with Crippen LogP contribution in [0.3, 0.4) is 0 Å². The van der Waals surface area contributed by atoms with Gasteiger partial charge in [0.1, 0.15) is 0 Å². The van der Waals surface area contributed by atoms with Gasteiger partial charge in [-0.05, 0) is 29.9 Å². The average molecular weight is 262 g/mol. The van der Waals surface area contributed by atoms with E-state index in [1.807, 2.05) is 24.3 Å². The van der Waals surface area contributed by atoms with E-state index in [-0.39, 0.29) is 5.91 Å². The molecule has 1 aliphatic rings. The van der Waals surface area contributed by atoms with Crippen molar-refractivity contribution in [3.05, 3.63) is 35.4 Å². The molecular formula is C15H22N2O2. The summed E-state index contributed by atoms with van der Waals surface area (Å²) in [6, 6.07) is 7.87. The van der Waals surface area contributed by atoms with Crippen molar-refractivity contribution in [2.45, 2.75) is 25.8 Å². The van der Waals surface area contributed by atoms with Gasteiger partial charge in [-0.2, -0.15) is 0 Å². The molecule has 0 saturated carbocycles. The first-order valence-corrected chi connectivity index (χ1v) is 6.90. The number of amides is 1. The van der Waals surface area contributed by atoms with Gasteiger partial charge in [0.25, 0.3) is 0 Å². The van der Waals surface area contributed by atoms with Crippen LogP contribution in [0.4, 0.5) is 0 Å². The van der Waals surface area contributed by atoms with Crippen LogP contribution in [0.15, 0.2) is 24.3 Å². The lowest BCUT2D eigenvalue weighted by atomic mass is 10.1. The van der Waals surface area contributed by atoms with Crippen LogP contribution >= 0.6 is 0 Å². The fourth-order valence-electron chi connectivity index (χ4n) is 2.27. The van der Waals surface area contributed by atoms with Gasteiger partial charge < -0.3 is 15.8 Å². The van der Waals surface area contributed by atoms with E-state index in [1.54, 1.807) is 0 Å². The minimum absolute atomic E-state index is 0.0828. The second kappa shape index (κ2) is 7.26. The topological polar surface area (TPSA) is 64.4 Å². The van der Waals surface area contributed by atoms with Crippen LogP contribution in [0, 0.1) is 5.92 Å². The molecule has 2 rings (SSSR count). The molecule has 0 spiro atoms. The van der Waals surface area contributed by atoms with Crippen molar-refractivity contribution in [2.75, 3.05) is 19.8 Å². The van der Waals surface area contributed by atoms with Gasteiger partial charge in [0.15, 0.2) is 0 Å². The van der Waals surface area contributed by atoms with Crippen molar-refractivity contribution in [3.8, 4) is 0 Å². The first-order valence-electron chi connectivity index (χ1n) is 6.90. The maximum atomic E-state index is 11.8. The minimum atomic E-state index is 0.0828. The number of rotatable bonds is 6. The second-order valence-electron chi connectivity index (χ2n) is 5.07. The number of nitrogens with one attached hydrogen (secondary N) is 1. The quantitative estimate of drug-likeness (QED) is 0.810. The molecule has 1 atom stereocenters. The van der Waals surface area contributed by atoms with E-state index in [4.69, 9.17) is 10.5 Å². The fraction of sp³-hybridized carbons (Fsp3) is 0.533. The first kappa shape index (κ1) is 14.0. The summed E-state index contributed by atoms with van der Waals surface area (Å²) in [5, 5.41) is 2.97. The molecule has 1 aromatic carbocycles. The normalized spacial score (nSPS) is 18.5. The van der Waals surface area contributed by atoms with E-state index >= 15 is 0 Å². The first-order chi connectivity index (χ1) is 9.28. The maximum Gasteiger partial charge on any atom is 0.224 e. The van der Waals surface area contributed by atoms with Crippen LogP contribution in [0.2, 0.25) is 0 Å². The molecule has 4 heteroatoms. The summed E-state index contributed by atoms with van der Waals surface area (Å²) in [4.78, 5) is 11.8. The highest BCUT2D eigenvalue weighted by Gasteiger charge is 2.15. The predicted octanol–water partition coefficient (Wildman–Crippen LogP) is 1.23. The van der Waals surface area contributed by atoms with E-state index in [1.165, 1.54) is 0 Å². The number of nitrogens with two attached hydrogens (primary N) is 1.